The van der Waals surface area contributed by atoms with Crippen molar-refractivity contribution in [1.82, 2.24) is 0 Å². The summed E-state index contributed by atoms with van der Waals surface area (Å²) in [6, 6.07) is 23.0. The van der Waals surface area contributed by atoms with Gasteiger partial charge in [0, 0.05) is 25.7 Å². The lowest BCUT2D eigenvalue weighted by molar-refractivity contribution is 0.0116. The summed E-state index contributed by atoms with van der Waals surface area (Å²) in [5, 5.41) is 11.9. The molecule has 1 N–H and O–H groups in total. The van der Waals surface area contributed by atoms with E-state index in [2.05, 4.69) is 19.9 Å². The number of hydrogen-bond donors (Lipinski definition) is 1. The zero-order valence-electron chi connectivity index (χ0n) is 19.2. The molecule has 5 rings (SSSR count). The molecule has 0 radical (unpaired) electrons. The van der Waals surface area contributed by atoms with E-state index in [0.717, 1.165) is 39.4 Å². The Hall–Kier alpha value is -2.82. The quantitative estimate of drug-likeness (QED) is 0.263. The van der Waals surface area contributed by atoms with Gasteiger partial charge in [0.25, 0.3) is 0 Å². The minimum atomic E-state index is -1.10. The summed E-state index contributed by atoms with van der Waals surface area (Å²) in [5.74, 6) is 0.327. The van der Waals surface area contributed by atoms with Crippen molar-refractivity contribution in [2.45, 2.75) is 57.5 Å². The molecule has 0 aliphatic heterocycles. The fraction of sp³-hybridized carbons (Fsp3) is 0.310. The Balaban J connectivity index is 0.000000160. The molecule has 0 saturated heterocycles. The molecule has 1 saturated carbocycles. The van der Waals surface area contributed by atoms with Crippen molar-refractivity contribution in [2.75, 3.05) is 0 Å². The number of fused-ring (bicyclic) bond motifs is 2. The average molecular weight is 459 g/mol. The lowest BCUT2D eigenvalue weighted by Crippen LogP contribution is -2.40. The number of ketones is 1. The Kier molecular flexibility index (Phi) is 7.06. The topological polar surface area (TPSA) is 54.4 Å². The third kappa shape index (κ3) is 4.92. The molecular weight excluding hydrogens is 428 g/mol. The fourth-order valence-corrected chi connectivity index (χ4v) is 5.85. The summed E-state index contributed by atoms with van der Waals surface area (Å²) >= 11 is 1.72. The Morgan fingerprint density at radius 1 is 0.848 bits per heavy atom. The molecule has 0 unspecified atom stereocenters. The molecule has 4 aromatic rings. The van der Waals surface area contributed by atoms with Crippen molar-refractivity contribution in [3.8, 4) is 0 Å². The summed E-state index contributed by atoms with van der Waals surface area (Å²) in [6.45, 7) is 4.34. The Labute approximate surface area is 198 Å². The number of hydrogen-bond acceptors (Lipinski definition) is 4. The van der Waals surface area contributed by atoms with Crippen LogP contribution in [0.15, 0.2) is 77.6 Å². The molecule has 1 aliphatic rings. The second-order valence-corrected chi connectivity index (χ2v) is 10.1. The second-order valence-electron chi connectivity index (χ2n) is 9.09. The van der Waals surface area contributed by atoms with Gasteiger partial charge in [0.1, 0.15) is 5.60 Å². The molecule has 0 spiro atoms. The number of carbonyl (C=O) groups excluding carboxylic acids is 1. The van der Waals surface area contributed by atoms with Crippen LogP contribution in [0.1, 0.15) is 67.8 Å². The first-order valence-corrected chi connectivity index (χ1v) is 12.5. The molecular formula is C29H30O3S. The van der Waals surface area contributed by atoms with E-state index < -0.39 is 5.60 Å². The van der Waals surface area contributed by atoms with Crippen molar-refractivity contribution in [2.24, 2.45) is 0 Å². The molecule has 1 heterocycles. The summed E-state index contributed by atoms with van der Waals surface area (Å²) in [7, 11) is 0. The second kappa shape index (κ2) is 9.98. The van der Waals surface area contributed by atoms with Crippen LogP contribution < -0.4 is 5.43 Å². The first-order chi connectivity index (χ1) is 15.9. The third-order valence-corrected chi connectivity index (χ3v) is 7.63. The first-order valence-electron chi connectivity index (χ1n) is 11.7. The zero-order valence-corrected chi connectivity index (χ0v) is 20.0. The molecule has 0 bridgehead atoms. The maximum Gasteiger partial charge on any atom is 0.195 e. The SMILES string of the molecule is CC(C)c1cccc2c(=O)c3ccccc3sc12.O=C(c1ccccc1)C1(O)CCCCC1. The molecule has 170 valence electrons. The minimum absolute atomic E-state index is 0.109. The molecule has 0 atom stereocenters. The average Bonchev–Trinajstić information content (AvgIpc) is 2.85. The van der Waals surface area contributed by atoms with Crippen LogP contribution >= 0.6 is 11.3 Å². The summed E-state index contributed by atoms with van der Waals surface area (Å²) < 4.78 is 2.21. The standard InChI is InChI=1S/C16H14OS.C13H16O2/c1-10(2)11-7-5-8-13-15(17)12-6-3-4-9-14(12)18-16(11)13;14-12(11-7-3-1-4-8-11)13(15)9-5-2-6-10-13/h3-10H,1-2H3;1,3-4,7-8,15H,2,5-6,9-10H2. The van der Waals surface area contributed by atoms with Crippen molar-refractivity contribution in [3.63, 3.8) is 0 Å². The van der Waals surface area contributed by atoms with E-state index in [4.69, 9.17) is 0 Å². The highest BCUT2D eigenvalue weighted by atomic mass is 32.1. The molecule has 4 heteroatoms. The van der Waals surface area contributed by atoms with Crippen LogP contribution in [-0.2, 0) is 0 Å². The van der Waals surface area contributed by atoms with Crippen LogP contribution in [0.5, 0.6) is 0 Å². The largest absolute Gasteiger partial charge is 0.382 e. The van der Waals surface area contributed by atoms with Crippen molar-refractivity contribution in [3.05, 3.63) is 94.1 Å². The Morgan fingerprint density at radius 3 is 2.18 bits per heavy atom. The normalized spacial score (nSPS) is 15.3. The van der Waals surface area contributed by atoms with Gasteiger partial charge in [0.15, 0.2) is 11.2 Å². The third-order valence-electron chi connectivity index (χ3n) is 6.40. The number of Topliss-reactive ketones (excluding diaryl/α,β-unsaturated/α-hetero) is 1. The van der Waals surface area contributed by atoms with E-state index in [-0.39, 0.29) is 11.2 Å². The lowest BCUT2D eigenvalue weighted by atomic mass is 9.79. The van der Waals surface area contributed by atoms with Crippen LogP contribution in [-0.4, -0.2) is 16.5 Å². The first kappa shape index (κ1) is 23.3. The molecule has 0 amide bonds. The van der Waals surface area contributed by atoms with Crippen LogP contribution in [0.25, 0.3) is 20.2 Å². The van der Waals surface area contributed by atoms with Gasteiger partial charge < -0.3 is 5.11 Å². The summed E-state index contributed by atoms with van der Waals surface area (Å²) in [4.78, 5) is 24.5. The van der Waals surface area contributed by atoms with Gasteiger partial charge in [0.2, 0.25) is 0 Å². The molecule has 33 heavy (non-hydrogen) atoms. The van der Waals surface area contributed by atoms with Crippen molar-refractivity contribution >= 4 is 37.3 Å². The van der Waals surface area contributed by atoms with Gasteiger partial charge in [-0.25, -0.2) is 0 Å². The van der Waals surface area contributed by atoms with E-state index in [1.807, 2.05) is 54.6 Å². The van der Waals surface area contributed by atoms with E-state index in [9.17, 15) is 14.7 Å². The van der Waals surface area contributed by atoms with Gasteiger partial charge in [-0.15, -0.1) is 11.3 Å². The molecule has 1 aromatic heterocycles. The van der Waals surface area contributed by atoms with Crippen LogP contribution in [0.3, 0.4) is 0 Å². The van der Waals surface area contributed by atoms with Crippen LogP contribution in [0, 0.1) is 0 Å². The highest BCUT2D eigenvalue weighted by Gasteiger charge is 2.37. The van der Waals surface area contributed by atoms with Gasteiger partial charge in [-0.2, -0.15) is 0 Å². The smallest absolute Gasteiger partial charge is 0.195 e. The van der Waals surface area contributed by atoms with Gasteiger partial charge in [-0.1, -0.05) is 87.7 Å². The maximum absolute atomic E-state index is 12.5. The van der Waals surface area contributed by atoms with Crippen molar-refractivity contribution in [1.29, 1.82) is 0 Å². The minimum Gasteiger partial charge on any atom is -0.382 e. The van der Waals surface area contributed by atoms with Crippen molar-refractivity contribution < 1.29 is 9.90 Å². The highest BCUT2D eigenvalue weighted by molar-refractivity contribution is 7.24. The number of benzene rings is 3. The number of aliphatic hydroxyl groups is 1. The Bertz CT molecular complexity index is 1320. The Morgan fingerprint density at radius 2 is 1.48 bits per heavy atom. The molecule has 1 aliphatic carbocycles. The van der Waals surface area contributed by atoms with E-state index in [1.165, 1.54) is 5.56 Å². The molecule has 3 nitrogen and oxygen atoms in total. The van der Waals surface area contributed by atoms with Gasteiger partial charge in [-0.05, 0) is 42.5 Å². The molecule has 1 fully saturated rings. The number of rotatable bonds is 3. The van der Waals surface area contributed by atoms with Crippen LogP contribution in [0.2, 0.25) is 0 Å². The predicted molar refractivity (Wildman–Crippen MR) is 138 cm³/mol. The highest BCUT2D eigenvalue weighted by Crippen LogP contribution is 2.32. The van der Waals surface area contributed by atoms with E-state index >= 15 is 0 Å². The van der Waals surface area contributed by atoms with Crippen LogP contribution in [0.4, 0.5) is 0 Å². The van der Waals surface area contributed by atoms with E-state index in [1.54, 1.807) is 23.5 Å². The van der Waals surface area contributed by atoms with Gasteiger partial charge in [0.05, 0.1) is 0 Å². The van der Waals surface area contributed by atoms with E-state index in [0.29, 0.717) is 24.3 Å². The summed E-state index contributed by atoms with van der Waals surface area (Å²) in [6.07, 6.45) is 4.26. The zero-order chi connectivity index (χ0) is 23.4. The lowest BCUT2D eigenvalue weighted by Gasteiger charge is -2.30. The maximum atomic E-state index is 12.5. The van der Waals surface area contributed by atoms with Gasteiger partial charge in [-0.3, -0.25) is 9.59 Å². The number of carbonyl (C=O) groups is 1. The fourth-order valence-electron chi connectivity index (χ4n) is 4.52. The summed E-state index contributed by atoms with van der Waals surface area (Å²) in [5.41, 5.74) is 0.948. The molecule has 3 aromatic carbocycles. The monoisotopic (exact) mass is 458 g/mol. The predicted octanol–water partition coefficient (Wildman–Crippen LogP) is 7.10. The van der Waals surface area contributed by atoms with Gasteiger partial charge >= 0.3 is 0 Å².